The Morgan fingerprint density at radius 2 is 1.56 bits per heavy atom. The van der Waals surface area contributed by atoms with Crippen LogP contribution < -0.4 is 10.6 Å². The fraction of sp³-hybridized carbons (Fsp3) is 0.136. The van der Waals surface area contributed by atoms with Crippen LogP contribution in [0.1, 0.15) is 16.7 Å². The molecule has 2 N–H and O–H groups in total. The third-order valence-electron chi connectivity index (χ3n) is 3.96. The molecule has 3 aromatic carbocycles. The Labute approximate surface area is 148 Å². The van der Waals surface area contributed by atoms with Gasteiger partial charge in [0, 0.05) is 17.9 Å². The number of para-hydroxylation sites is 1. The van der Waals surface area contributed by atoms with Gasteiger partial charge >= 0.3 is 0 Å². The van der Waals surface area contributed by atoms with Crippen molar-refractivity contribution in [3.8, 4) is 0 Å². The second-order valence-electron chi connectivity index (χ2n) is 6.13. The van der Waals surface area contributed by atoms with Gasteiger partial charge in [-0.05, 0) is 42.3 Å². The van der Waals surface area contributed by atoms with Gasteiger partial charge in [0.25, 0.3) is 0 Å². The van der Waals surface area contributed by atoms with Crippen LogP contribution in [0, 0.1) is 6.92 Å². The summed E-state index contributed by atoms with van der Waals surface area (Å²) in [6.45, 7) is 2.88. The van der Waals surface area contributed by atoms with Crippen molar-refractivity contribution >= 4 is 17.3 Å². The molecular formula is C22H22N2O. The summed E-state index contributed by atoms with van der Waals surface area (Å²) in [4.78, 5) is 12.1. The summed E-state index contributed by atoms with van der Waals surface area (Å²) in [6, 6.07) is 26.0. The summed E-state index contributed by atoms with van der Waals surface area (Å²) in [5.41, 5.74) is 5.39. The van der Waals surface area contributed by atoms with Crippen molar-refractivity contribution in [2.24, 2.45) is 0 Å². The molecule has 0 spiro atoms. The first-order valence-corrected chi connectivity index (χ1v) is 8.42. The van der Waals surface area contributed by atoms with Gasteiger partial charge in [-0.25, -0.2) is 0 Å². The van der Waals surface area contributed by atoms with E-state index >= 15 is 0 Å². The maximum Gasteiger partial charge on any atom is 0.228 e. The third-order valence-corrected chi connectivity index (χ3v) is 3.96. The van der Waals surface area contributed by atoms with Gasteiger partial charge in [0.2, 0.25) is 5.91 Å². The Bertz CT molecular complexity index is 826. The third kappa shape index (κ3) is 5.21. The first-order chi connectivity index (χ1) is 12.2. The molecule has 25 heavy (non-hydrogen) atoms. The van der Waals surface area contributed by atoms with E-state index in [4.69, 9.17) is 0 Å². The highest BCUT2D eigenvalue weighted by atomic mass is 16.1. The molecule has 0 fully saturated rings. The van der Waals surface area contributed by atoms with Crippen molar-refractivity contribution in [1.82, 2.24) is 0 Å². The molecule has 0 aliphatic carbocycles. The van der Waals surface area contributed by atoms with E-state index in [9.17, 15) is 4.79 Å². The van der Waals surface area contributed by atoms with E-state index in [1.54, 1.807) is 0 Å². The van der Waals surface area contributed by atoms with Crippen LogP contribution in [0.2, 0.25) is 0 Å². The van der Waals surface area contributed by atoms with E-state index in [1.165, 1.54) is 11.1 Å². The van der Waals surface area contributed by atoms with E-state index in [0.717, 1.165) is 23.5 Å². The van der Waals surface area contributed by atoms with Crippen molar-refractivity contribution in [2.75, 3.05) is 10.6 Å². The maximum atomic E-state index is 12.1. The van der Waals surface area contributed by atoms with Crippen molar-refractivity contribution in [3.05, 3.63) is 95.6 Å². The number of benzene rings is 3. The summed E-state index contributed by atoms with van der Waals surface area (Å²) in [5, 5.41) is 6.31. The van der Waals surface area contributed by atoms with Gasteiger partial charge < -0.3 is 10.6 Å². The normalized spacial score (nSPS) is 10.3. The number of nitrogens with one attached hydrogen (secondary N) is 2. The summed E-state index contributed by atoms with van der Waals surface area (Å²) < 4.78 is 0. The van der Waals surface area contributed by atoms with Gasteiger partial charge in [-0.15, -0.1) is 0 Å². The number of hydrogen-bond acceptors (Lipinski definition) is 2. The van der Waals surface area contributed by atoms with Crippen molar-refractivity contribution in [1.29, 1.82) is 0 Å². The lowest BCUT2D eigenvalue weighted by atomic mass is 10.1. The molecule has 0 heterocycles. The van der Waals surface area contributed by atoms with E-state index < -0.39 is 0 Å². The Balaban J connectivity index is 1.52. The van der Waals surface area contributed by atoms with Gasteiger partial charge in [0.15, 0.2) is 0 Å². The molecule has 0 aromatic heterocycles. The molecule has 1 amide bonds. The molecule has 0 unspecified atom stereocenters. The molecule has 0 saturated heterocycles. The summed E-state index contributed by atoms with van der Waals surface area (Å²) in [5.74, 6) is -0.00771. The quantitative estimate of drug-likeness (QED) is 0.682. The zero-order valence-corrected chi connectivity index (χ0v) is 14.3. The fourth-order valence-corrected chi connectivity index (χ4v) is 2.68. The Morgan fingerprint density at radius 1 is 0.800 bits per heavy atom. The van der Waals surface area contributed by atoms with Gasteiger partial charge in [-0.1, -0.05) is 60.2 Å². The Hall–Kier alpha value is -3.07. The van der Waals surface area contributed by atoms with Crippen LogP contribution in [0.15, 0.2) is 78.9 Å². The van der Waals surface area contributed by atoms with Crippen LogP contribution in [0.5, 0.6) is 0 Å². The maximum absolute atomic E-state index is 12.1. The zero-order chi connectivity index (χ0) is 17.5. The lowest BCUT2D eigenvalue weighted by molar-refractivity contribution is -0.115. The second kappa shape index (κ2) is 8.15. The van der Waals surface area contributed by atoms with Crippen molar-refractivity contribution < 1.29 is 4.79 Å². The number of carbonyl (C=O) groups excluding carboxylic acids is 1. The molecule has 3 rings (SSSR count). The fourth-order valence-electron chi connectivity index (χ4n) is 2.68. The molecule has 0 saturated carbocycles. The van der Waals surface area contributed by atoms with Crippen LogP contribution in [0.3, 0.4) is 0 Å². The average molecular weight is 330 g/mol. The minimum Gasteiger partial charge on any atom is -0.381 e. The highest BCUT2D eigenvalue weighted by molar-refractivity contribution is 5.92. The van der Waals surface area contributed by atoms with Crippen molar-refractivity contribution in [3.63, 3.8) is 0 Å². The lowest BCUT2D eigenvalue weighted by Gasteiger charge is -2.09. The highest BCUT2D eigenvalue weighted by Crippen LogP contribution is 2.13. The molecule has 0 bridgehead atoms. The molecule has 0 aliphatic heterocycles. The summed E-state index contributed by atoms with van der Waals surface area (Å²) in [7, 11) is 0. The van der Waals surface area contributed by atoms with Crippen LogP contribution in [-0.4, -0.2) is 5.91 Å². The summed E-state index contributed by atoms with van der Waals surface area (Å²) >= 11 is 0. The smallest absolute Gasteiger partial charge is 0.228 e. The average Bonchev–Trinajstić information content (AvgIpc) is 2.62. The Kier molecular flexibility index (Phi) is 5.47. The molecule has 126 valence electrons. The van der Waals surface area contributed by atoms with E-state index in [-0.39, 0.29) is 5.91 Å². The van der Waals surface area contributed by atoms with Crippen molar-refractivity contribution in [2.45, 2.75) is 19.9 Å². The molecule has 0 aliphatic rings. The number of hydrogen-bond donors (Lipinski definition) is 2. The number of rotatable bonds is 6. The van der Waals surface area contributed by atoms with Gasteiger partial charge in [0.05, 0.1) is 6.42 Å². The molecule has 0 atom stereocenters. The van der Waals surface area contributed by atoms with Gasteiger partial charge in [-0.3, -0.25) is 4.79 Å². The number of amides is 1. The van der Waals surface area contributed by atoms with E-state index in [0.29, 0.717) is 6.42 Å². The zero-order valence-electron chi connectivity index (χ0n) is 14.3. The standard InChI is InChI=1S/C22H22N2O/c1-17-6-5-7-19(14-17)16-23-20-12-10-18(11-13-20)15-22(25)24-21-8-3-2-4-9-21/h2-14,23H,15-16H2,1H3,(H,24,25). The van der Waals surface area contributed by atoms with Crippen LogP contribution in [-0.2, 0) is 17.8 Å². The Morgan fingerprint density at radius 3 is 2.28 bits per heavy atom. The first-order valence-electron chi connectivity index (χ1n) is 8.42. The predicted molar refractivity (Wildman–Crippen MR) is 104 cm³/mol. The SMILES string of the molecule is Cc1cccc(CNc2ccc(CC(=O)Nc3ccccc3)cc2)c1. The summed E-state index contributed by atoms with van der Waals surface area (Å²) in [6.07, 6.45) is 0.368. The molecule has 3 heteroatoms. The molecule has 3 nitrogen and oxygen atoms in total. The number of anilines is 2. The lowest BCUT2D eigenvalue weighted by Crippen LogP contribution is -2.14. The second-order valence-corrected chi connectivity index (χ2v) is 6.13. The predicted octanol–water partition coefficient (Wildman–Crippen LogP) is 4.79. The van der Waals surface area contributed by atoms with Gasteiger partial charge in [0.1, 0.15) is 0 Å². The van der Waals surface area contributed by atoms with E-state index in [2.05, 4.69) is 41.8 Å². The van der Waals surface area contributed by atoms with Crippen LogP contribution >= 0.6 is 0 Å². The first kappa shape index (κ1) is 16.8. The highest BCUT2D eigenvalue weighted by Gasteiger charge is 2.04. The molecule has 0 radical (unpaired) electrons. The monoisotopic (exact) mass is 330 g/mol. The van der Waals surface area contributed by atoms with Crippen LogP contribution in [0.4, 0.5) is 11.4 Å². The molecular weight excluding hydrogens is 308 g/mol. The van der Waals surface area contributed by atoms with E-state index in [1.807, 2.05) is 54.6 Å². The minimum absolute atomic E-state index is 0.00771. The minimum atomic E-state index is -0.00771. The largest absolute Gasteiger partial charge is 0.381 e. The van der Waals surface area contributed by atoms with Gasteiger partial charge in [-0.2, -0.15) is 0 Å². The number of aryl methyl sites for hydroxylation is 1. The number of carbonyl (C=O) groups is 1. The van der Waals surface area contributed by atoms with Crippen LogP contribution in [0.25, 0.3) is 0 Å². The topological polar surface area (TPSA) is 41.1 Å². The molecule has 3 aromatic rings.